The van der Waals surface area contributed by atoms with Crippen molar-refractivity contribution in [2.45, 2.75) is 90.3 Å². The summed E-state index contributed by atoms with van der Waals surface area (Å²) in [6.07, 6.45) is 8.18. The fourth-order valence-electron chi connectivity index (χ4n) is 4.39. The Kier molecular flexibility index (Phi) is 12.1. The van der Waals surface area contributed by atoms with Gasteiger partial charge in [-0.05, 0) is 71.4 Å². The number of hydrogen-bond donors (Lipinski definition) is 1. The molecule has 1 fully saturated rings. The van der Waals surface area contributed by atoms with Crippen molar-refractivity contribution in [1.29, 1.82) is 0 Å². The van der Waals surface area contributed by atoms with Crippen LogP contribution in [-0.2, 0) is 23.9 Å². The molecule has 2 aliphatic rings. The van der Waals surface area contributed by atoms with Crippen molar-refractivity contribution < 1.29 is 50.5 Å². The molecule has 1 saturated carbocycles. The summed E-state index contributed by atoms with van der Waals surface area (Å²) in [6, 6.07) is 0. The van der Waals surface area contributed by atoms with Crippen LogP contribution in [0.4, 0.5) is 22.0 Å². The van der Waals surface area contributed by atoms with Crippen molar-refractivity contribution >= 4 is 17.8 Å². The Morgan fingerprint density at radius 3 is 2.07 bits per heavy atom. The monoisotopic (exact) mass is 630 g/mol. The van der Waals surface area contributed by atoms with Crippen molar-refractivity contribution in [2.75, 3.05) is 26.3 Å². The molecule has 0 unspecified atom stereocenters. The highest BCUT2D eigenvalue weighted by Crippen LogP contribution is 2.36. The van der Waals surface area contributed by atoms with E-state index in [0.717, 1.165) is 31.4 Å². The van der Waals surface area contributed by atoms with E-state index in [2.05, 4.69) is 10.1 Å². The number of ether oxygens (including phenoxy) is 3. The number of amides is 2. The van der Waals surface area contributed by atoms with Gasteiger partial charge in [0.15, 0.2) is 0 Å². The van der Waals surface area contributed by atoms with Crippen LogP contribution in [0.15, 0.2) is 23.4 Å². The van der Waals surface area contributed by atoms with Gasteiger partial charge in [-0.25, -0.2) is 13.2 Å². The molecule has 1 N–H and O–H groups in total. The Morgan fingerprint density at radius 1 is 0.818 bits per heavy atom. The quantitative estimate of drug-likeness (QED) is 0.0586. The Hall–Kier alpha value is -3.32. The molecule has 1 aliphatic carbocycles. The van der Waals surface area contributed by atoms with Gasteiger partial charge < -0.3 is 24.4 Å². The Labute approximate surface area is 253 Å². The van der Waals surface area contributed by atoms with Gasteiger partial charge in [-0.3, -0.25) is 14.4 Å². The summed E-state index contributed by atoms with van der Waals surface area (Å²) in [7, 11) is 0. The number of carbonyl (C=O) groups is 3. The van der Waals surface area contributed by atoms with Gasteiger partial charge in [0.1, 0.15) is 0 Å². The molecule has 0 spiro atoms. The zero-order valence-electron chi connectivity index (χ0n) is 25.4. The van der Waals surface area contributed by atoms with E-state index in [0.29, 0.717) is 25.8 Å². The molecular weight excluding hydrogens is 591 g/mol. The van der Waals surface area contributed by atoms with E-state index >= 15 is 0 Å². The van der Waals surface area contributed by atoms with Gasteiger partial charge in [0, 0.05) is 31.3 Å². The van der Waals surface area contributed by atoms with E-state index in [-0.39, 0.29) is 31.6 Å². The topological polar surface area (TPSA) is 94.2 Å². The number of carbonyl (C=O) groups excluding carboxylic acids is 3. The van der Waals surface area contributed by atoms with Crippen LogP contribution in [0.1, 0.15) is 79.1 Å². The molecule has 3 rings (SSSR count). The van der Waals surface area contributed by atoms with E-state index in [1.165, 1.54) is 5.57 Å². The zero-order valence-corrected chi connectivity index (χ0v) is 25.4. The predicted molar refractivity (Wildman–Crippen MR) is 150 cm³/mol. The molecule has 1 aromatic rings. The summed E-state index contributed by atoms with van der Waals surface area (Å²) in [6.45, 7) is 8.02. The molecule has 13 heteroatoms. The van der Waals surface area contributed by atoms with Crippen molar-refractivity contribution in [3.63, 3.8) is 0 Å². The second-order valence-electron chi connectivity index (χ2n) is 12.0. The third-order valence-electron chi connectivity index (χ3n) is 7.18. The van der Waals surface area contributed by atoms with E-state index in [9.17, 15) is 36.3 Å². The van der Waals surface area contributed by atoms with Crippen LogP contribution < -0.4 is 10.1 Å². The van der Waals surface area contributed by atoms with Crippen molar-refractivity contribution in [1.82, 2.24) is 10.2 Å². The summed E-state index contributed by atoms with van der Waals surface area (Å²) in [4.78, 5) is 38.1. The molecule has 0 radical (unpaired) electrons. The van der Waals surface area contributed by atoms with Gasteiger partial charge in [0.2, 0.25) is 40.7 Å². The van der Waals surface area contributed by atoms with Gasteiger partial charge in [0.25, 0.3) is 5.91 Å². The van der Waals surface area contributed by atoms with Crippen molar-refractivity contribution in [3.8, 4) is 5.75 Å². The van der Waals surface area contributed by atoms with Gasteiger partial charge in [-0.15, -0.1) is 0 Å². The molecule has 1 heterocycles. The normalized spacial score (nSPS) is 14.9. The number of benzene rings is 1. The number of unbranched alkanes of at least 4 members (excludes halogenated alkanes) is 2. The van der Waals surface area contributed by atoms with Crippen molar-refractivity contribution in [3.05, 3.63) is 52.5 Å². The number of esters is 1. The molecule has 8 nitrogen and oxygen atoms in total. The van der Waals surface area contributed by atoms with Crippen LogP contribution in [0.25, 0.3) is 0 Å². The highest BCUT2D eigenvalue weighted by atomic mass is 19.2. The average molecular weight is 631 g/mol. The lowest BCUT2D eigenvalue weighted by atomic mass is 10.1. The molecule has 1 aromatic carbocycles. The fraction of sp³-hybridized carbons (Fsp3) is 0.581. The number of hydrogen-bond acceptors (Lipinski definition) is 6. The molecule has 244 valence electrons. The molecule has 0 atom stereocenters. The standard InChI is InChI=1S/C31H39F5N2O6/c1-30(2,42-16-13-23(41)44-29-27(35)25(33)24(32)26(34)28(29)36)14-17-43-31(3,4)18-37-21(39)8-6-5-7-15-38-20(19-9-10-19)11-12-22(38)40/h11-12H,5-10,13-18H2,1-4H3,(H,37,39). The molecule has 1 aliphatic heterocycles. The van der Waals surface area contributed by atoms with E-state index in [4.69, 9.17) is 9.47 Å². The second-order valence-corrected chi connectivity index (χ2v) is 12.0. The molecule has 0 saturated heterocycles. The molecular formula is C31H39F5N2O6. The lowest BCUT2D eigenvalue weighted by Gasteiger charge is -2.30. The van der Waals surface area contributed by atoms with Crippen LogP contribution >= 0.6 is 0 Å². The third kappa shape index (κ3) is 10.1. The lowest BCUT2D eigenvalue weighted by Crippen LogP contribution is -2.41. The maximum absolute atomic E-state index is 13.7. The summed E-state index contributed by atoms with van der Waals surface area (Å²) in [5.74, 6) is -14.2. The second kappa shape index (κ2) is 15.1. The number of nitrogens with one attached hydrogen (secondary N) is 1. The van der Waals surface area contributed by atoms with Crippen LogP contribution in [0, 0.1) is 29.1 Å². The van der Waals surface area contributed by atoms with Gasteiger partial charge >= 0.3 is 5.97 Å². The number of nitrogens with zero attached hydrogens (tertiary/aromatic N) is 1. The molecule has 44 heavy (non-hydrogen) atoms. The van der Waals surface area contributed by atoms with Crippen LogP contribution in [-0.4, -0.2) is 60.2 Å². The highest BCUT2D eigenvalue weighted by molar-refractivity contribution is 5.93. The van der Waals surface area contributed by atoms with E-state index < -0.39 is 58.4 Å². The summed E-state index contributed by atoms with van der Waals surface area (Å²) < 4.78 is 83.0. The maximum atomic E-state index is 13.7. The highest BCUT2D eigenvalue weighted by Gasteiger charge is 2.30. The van der Waals surface area contributed by atoms with Gasteiger partial charge in [0.05, 0.1) is 30.8 Å². The predicted octanol–water partition coefficient (Wildman–Crippen LogP) is 5.78. The minimum absolute atomic E-state index is 0.0192. The van der Waals surface area contributed by atoms with Crippen LogP contribution in [0.5, 0.6) is 5.75 Å². The molecule has 2 amide bonds. The van der Waals surface area contributed by atoms with Crippen molar-refractivity contribution in [2.24, 2.45) is 0 Å². The van der Waals surface area contributed by atoms with E-state index in [1.807, 2.05) is 24.8 Å². The Balaban J connectivity index is 1.27. The van der Waals surface area contributed by atoms with Crippen LogP contribution in [0.3, 0.4) is 0 Å². The maximum Gasteiger partial charge on any atom is 0.313 e. The first-order chi connectivity index (χ1) is 20.6. The first-order valence-corrected chi connectivity index (χ1v) is 14.6. The molecule has 0 bridgehead atoms. The van der Waals surface area contributed by atoms with Gasteiger partial charge in [-0.1, -0.05) is 6.42 Å². The van der Waals surface area contributed by atoms with Crippen LogP contribution in [0.2, 0.25) is 0 Å². The number of rotatable bonds is 17. The average Bonchev–Trinajstić information content (AvgIpc) is 3.74. The minimum Gasteiger partial charge on any atom is -0.420 e. The number of halogens is 5. The zero-order chi connectivity index (χ0) is 32.7. The largest absolute Gasteiger partial charge is 0.420 e. The third-order valence-corrected chi connectivity index (χ3v) is 7.18. The molecule has 0 aromatic heterocycles. The lowest BCUT2D eigenvalue weighted by molar-refractivity contribution is -0.138. The minimum atomic E-state index is -2.35. The Bertz CT molecular complexity index is 1280. The summed E-state index contributed by atoms with van der Waals surface area (Å²) in [5, 5.41) is 2.87. The summed E-state index contributed by atoms with van der Waals surface area (Å²) in [5.41, 5.74) is 0.891. The smallest absolute Gasteiger partial charge is 0.313 e. The summed E-state index contributed by atoms with van der Waals surface area (Å²) >= 11 is 0. The Morgan fingerprint density at radius 2 is 1.43 bits per heavy atom. The fourth-order valence-corrected chi connectivity index (χ4v) is 4.39. The first kappa shape index (κ1) is 35.2. The van der Waals surface area contributed by atoms with E-state index in [1.54, 1.807) is 19.9 Å². The SMILES string of the molecule is CC(C)(CCOC(C)(C)CNC(=O)CCCCCN1C(=O)C=CC1=C1CC1)OCCC(=O)Oc1c(F)c(F)c(F)c(F)c1F. The first-order valence-electron chi connectivity index (χ1n) is 14.6. The van der Waals surface area contributed by atoms with Gasteiger partial charge in [-0.2, -0.15) is 8.78 Å². The number of allylic oxidation sites excluding steroid dienone is 2.